The topological polar surface area (TPSA) is 116 Å². The second kappa shape index (κ2) is 11.8. The van der Waals surface area contributed by atoms with Crippen molar-refractivity contribution in [2.75, 3.05) is 0 Å². The van der Waals surface area contributed by atoms with Gasteiger partial charge in [0, 0.05) is 23.0 Å². The maximum Gasteiger partial charge on any atom is 0.269 e. The van der Waals surface area contributed by atoms with Crippen LogP contribution >= 0.6 is 0 Å². The average Bonchev–Trinajstić information content (AvgIpc) is 2.89. The fraction of sp³-hybridized carbons (Fsp3) is 0.467. The molecule has 3 rings (SSSR count). The molecule has 0 bridgehead atoms. The van der Waals surface area contributed by atoms with Crippen LogP contribution < -0.4 is 21.7 Å². The number of hydrogen-bond donors (Lipinski definition) is 4. The summed E-state index contributed by atoms with van der Waals surface area (Å²) in [7, 11) is 0. The van der Waals surface area contributed by atoms with E-state index < -0.39 is 0 Å². The van der Waals surface area contributed by atoms with Crippen molar-refractivity contribution in [2.45, 2.75) is 78.1 Å². The van der Waals surface area contributed by atoms with Crippen LogP contribution in [0.15, 0.2) is 48.5 Å². The van der Waals surface area contributed by atoms with E-state index in [1.54, 1.807) is 24.3 Å². The predicted octanol–water partition coefficient (Wildman–Crippen LogP) is 4.31. The van der Waals surface area contributed by atoms with Gasteiger partial charge < -0.3 is 0 Å². The zero-order valence-corrected chi connectivity index (χ0v) is 23.2. The molecule has 8 heteroatoms. The summed E-state index contributed by atoms with van der Waals surface area (Å²) in [6.45, 7) is 12.6. The molecule has 204 valence electrons. The molecule has 1 saturated carbocycles. The highest BCUT2D eigenvalue weighted by Gasteiger charge is 2.30. The summed E-state index contributed by atoms with van der Waals surface area (Å²) in [6, 6.07) is 14.6. The third-order valence-electron chi connectivity index (χ3n) is 7.09. The highest BCUT2D eigenvalue weighted by molar-refractivity contribution is 5.96. The predicted molar refractivity (Wildman–Crippen MR) is 147 cm³/mol. The van der Waals surface area contributed by atoms with Crippen LogP contribution in [0, 0.1) is 11.8 Å². The minimum atomic E-state index is -0.379. The third-order valence-corrected chi connectivity index (χ3v) is 7.09. The molecule has 0 atom stereocenters. The maximum absolute atomic E-state index is 12.6. The number of hydrazine groups is 2. The number of rotatable bonds is 4. The second-order valence-electron chi connectivity index (χ2n) is 12.1. The van der Waals surface area contributed by atoms with Crippen LogP contribution in [0.25, 0.3) is 0 Å². The third kappa shape index (κ3) is 7.66. The molecule has 0 radical (unpaired) electrons. The minimum Gasteiger partial charge on any atom is -0.273 e. The molecule has 0 unspecified atom stereocenters. The number of nitrogens with one attached hydrogen (secondary N) is 4. The Kier molecular flexibility index (Phi) is 8.97. The highest BCUT2D eigenvalue weighted by Crippen LogP contribution is 2.29. The maximum atomic E-state index is 12.6. The van der Waals surface area contributed by atoms with Crippen LogP contribution in [0.3, 0.4) is 0 Å². The van der Waals surface area contributed by atoms with Crippen LogP contribution in [-0.4, -0.2) is 23.6 Å². The molecule has 0 saturated heterocycles. The van der Waals surface area contributed by atoms with Gasteiger partial charge in [0.2, 0.25) is 11.8 Å². The molecule has 0 heterocycles. The smallest absolute Gasteiger partial charge is 0.269 e. The molecule has 4 N–H and O–H groups in total. The molecule has 38 heavy (non-hydrogen) atoms. The van der Waals surface area contributed by atoms with Crippen LogP contribution in [0.2, 0.25) is 0 Å². The van der Waals surface area contributed by atoms with E-state index in [2.05, 4.69) is 63.2 Å². The lowest BCUT2D eigenvalue weighted by atomic mass is 9.81. The zero-order chi connectivity index (χ0) is 28.1. The standard InChI is InChI=1S/C30H40N4O4/c1-29(2,3)23-15-11-21(12-16-23)27(37)33-31-25(35)19-7-9-20(10-8-19)26(36)32-34-28(38)22-13-17-24(18-14-22)30(4,5)6/h11-20H,7-10H2,1-6H3,(H,31,35)(H,32,36)(H,33,37)(H,34,38). The first-order valence-electron chi connectivity index (χ1n) is 13.2. The van der Waals surface area contributed by atoms with E-state index in [9.17, 15) is 19.2 Å². The second-order valence-corrected chi connectivity index (χ2v) is 12.1. The lowest BCUT2D eigenvalue weighted by Crippen LogP contribution is -2.47. The van der Waals surface area contributed by atoms with Crippen molar-refractivity contribution < 1.29 is 19.2 Å². The van der Waals surface area contributed by atoms with Gasteiger partial charge in [0.15, 0.2) is 0 Å². The van der Waals surface area contributed by atoms with Gasteiger partial charge in [0.05, 0.1) is 0 Å². The number of hydrogen-bond acceptors (Lipinski definition) is 4. The van der Waals surface area contributed by atoms with E-state index in [1.165, 1.54) is 0 Å². The molecular formula is C30H40N4O4. The Labute approximate surface area is 225 Å². The number of amides is 4. The van der Waals surface area contributed by atoms with Crippen molar-refractivity contribution in [3.63, 3.8) is 0 Å². The first-order valence-corrected chi connectivity index (χ1v) is 13.2. The first-order chi connectivity index (χ1) is 17.8. The highest BCUT2D eigenvalue weighted by atomic mass is 16.2. The molecule has 1 fully saturated rings. The van der Waals surface area contributed by atoms with Crippen LogP contribution in [0.1, 0.15) is 99.1 Å². The number of carbonyl (C=O) groups is 4. The fourth-order valence-corrected chi connectivity index (χ4v) is 4.45. The summed E-state index contributed by atoms with van der Waals surface area (Å²) in [5, 5.41) is 0. The van der Waals surface area contributed by atoms with Crippen molar-refractivity contribution in [3.05, 3.63) is 70.8 Å². The van der Waals surface area contributed by atoms with Gasteiger partial charge in [-0.2, -0.15) is 0 Å². The lowest BCUT2D eigenvalue weighted by Gasteiger charge is -2.27. The first kappa shape index (κ1) is 28.9. The summed E-state index contributed by atoms with van der Waals surface area (Å²) in [5.74, 6) is -1.88. The number of benzene rings is 2. The molecule has 0 aliphatic heterocycles. The zero-order valence-electron chi connectivity index (χ0n) is 23.2. The lowest BCUT2D eigenvalue weighted by molar-refractivity contribution is -0.131. The van der Waals surface area contributed by atoms with Crippen molar-refractivity contribution in [3.8, 4) is 0 Å². The van der Waals surface area contributed by atoms with Gasteiger partial charge in [0.25, 0.3) is 11.8 Å². The van der Waals surface area contributed by atoms with Crippen molar-refractivity contribution in [1.29, 1.82) is 0 Å². The molecule has 2 aromatic carbocycles. The van der Waals surface area contributed by atoms with Gasteiger partial charge in [-0.25, -0.2) is 0 Å². The van der Waals surface area contributed by atoms with Crippen LogP contribution in [-0.2, 0) is 20.4 Å². The van der Waals surface area contributed by atoms with Gasteiger partial charge in [0.1, 0.15) is 0 Å². The molecule has 2 aromatic rings. The Hall–Kier alpha value is -3.68. The summed E-state index contributed by atoms with van der Waals surface area (Å²) in [4.78, 5) is 50.0. The molecule has 1 aliphatic carbocycles. The van der Waals surface area contributed by atoms with Gasteiger partial charge in [-0.05, 0) is 71.9 Å². The van der Waals surface area contributed by atoms with Crippen molar-refractivity contribution in [1.82, 2.24) is 21.7 Å². The summed E-state index contributed by atoms with van der Waals surface area (Å²) < 4.78 is 0. The quantitative estimate of drug-likeness (QED) is 0.450. The summed E-state index contributed by atoms with van der Waals surface area (Å²) in [6.07, 6.45) is 2.06. The van der Waals surface area contributed by atoms with E-state index in [-0.39, 0.29) is 46.3 Å². The normalized spacial score (nSPS) is 17.7. The monoisotopic (exact) mass is 520 g/mol. The van der Waals surface area contributed by atoms with Gasteiger partial charge in [-0.3, -0.25) is 40.9 Å². The van der Waals surface area contributed by atoms with Crippen LogP contribution in [0.5, 0.6) is 0 Å². The van der Waals surface area contributed by atoms with Crippen molar-refractivity contribution >= 4 is 23.6 Å². The Balaban J connectivity index is 1.40. The molecule has 0 aromatic heterocycles. The average molecular weight is 521 g/mol. The summed E-state index contributed by atoms with van der Waals surface area (Å²) in [5.41, 5.74) is 13.1. The summed E-state index contributed by atoms with van der Waals surface area (Å²) >= 11 is 0. The van der Waals surface area contributed by atoms with Gasteiger partial charge in [-0.15, -0.1) is 0 Å². The van der Waals surface area contributed by atoms with Gasteiger partial charge >= 0.3 is 0 Å². The fourth-order valence-electron chi connectivity index (χ4n) is 4.45. The molecule has 4 amide bonds. The molecule has 0 spiro atoms. The Morgan fingerprint density at radius 1 is 0.526 bits per heavy atom. The van der Waals surface area contributed by atoms with E-state index in [0.29, 0.717) is 36.8 Å². The van der Waals surface area contributed by atoms with E-state index in [4.69, 9.17) is 0 Å². The van der Waals surface area contributed by atoms with Crippen LogP contribution in [0.4, 0.5) is 0 Å². The Bertz CT molecular complexity index is 1060. The minimum absolute atomic E-state index is 0.0110. The SMILES string of the molecule is CC(C)(C)c1ccc(C(=O)NNC(=O)C2CCC(C(=O)NNC(=O)c3ccc(C(C)(C)C)cc3)CC2)cc1. The molecular weight excluding hydrogens is 480 g/mol. The number of carbonyl (C=O) groups excluding carboxylic acids is 4. The molecule has 8 nitrogen and oxygen atoms in total. The van der Waals surface area contributed by atoms with Crippen molar-refractivity contribution in [2.24, 2.45) is 11.8 Å². The van der Waals surface area contributed by atoms with Gasteiger partial charge in [-0.1, -0.05) is 65.8 Å². The van der Waals surface area contributed by atoms with E-state index in [0.717, 1.165) is 11.1 Å². The Morgan fingerprint density at radius 2 is 0.816 bits per heavy atom. The van der Waals surface area contributed by atoms with E-state index in [1.807, 2.05) is 24.3 Å². The largest absolute Gasteiger partial charge is 0.273 e. The molecule has 1 aliphatic rings. The Morgan fingerprint density at radius 3 is 1.08 bits per heavy atom. The van der Waals surface area contributed by atoms with E-state index >= 15 is 0 Å².